The molecule has 3 rings (SSSR count). The van der Waals surface area contributed by atoms with Gasteiger partial charge in [-0.3, -0.25) is 4.90 Å². The van der Waals surface area contributed by atoms with Gasteiger partial charge in [0.2, 0.25) is 0 Å². The second-order valence-electron chi connectivity index (χ2n) is 8.71. The predicted octanol–water partition coefficient (Wildman–Crippen LogP) is 6.62. The fourth-order valence-corrected chi connectivity index (χ4v) is 3.86. The molecule has 3 aromatic carbocycles. The number of benzene rings is 3. The van der Waals surface area contributed by atoms with E-state index in [0.717, 1.165) is 13.1 Å². The molecule has 0 aliphatic heterocycles. The summed E-state index contributed by atoms with van der Waals surface area (Å²) in [5.41, 5.74) is 8.82. The van der Waals surface area contributed by atoms with Crippen molar-refractivity contribution >= 4 is 8.07 Å². The summed E-state index contributed by atoms with van der Waals surface area (Å²) in [6, 6.07) is 30.4. The molecule has 0 amide bonds. The van der Waals surface area contributed by atoms with Crippen LogP contribution in [-0.2, 0) is 13.1 Å². The zero-order chi connectivity index (χ0) is 20.7. The van der Waals surface area contributed by atoms with Gasteiger partial charge in [-0.05, 0) is 23.6 Å². The first-order chi connectivity index (χ1) is 13.9. The molecule has 0 radical (unpaired) electrons. The van der Waals surface area contributed by atoms with Crippen LogP contribution in [-0.4, -0.2) is 13.0 Å². The highest BCUT2D eigenvalue weighted by molar-refractivity contribution is 6.83. The van der Waals surface area contributed by atoms with Gasteiger partial charge in [0.05, 0.1) is 6.04 Å². The van der Waals surface area contributed by atoms with Crippen molar-refractivity contribution < 1.29 is 0 Å². The van der Waals surface area contributed by atoms with Crippen molar-refractivity contribution in [2.75, 3.05) is 0 Å². The van der Waals surface area contributed by atoms with Gasteiger partial charge in [0, 0.05) is 13.1 Å². The van der Waals surface area contributed by atoms with Gasteiger partial charge in [0.25, 0.3) is 0 Å². The highest BCUT2D eigenvalue weighted by atomic mass is 28.3. The third-order valence-corrected chi connectivity index (χ3v) is 5.69. The molecule has 1 nitrogen and oxygen atoms in total. The van der Waals surface area contributed by atoms with Gasteiger partial charge in [0.15, 0.2) is 0 Å². The lowest BCUT2D eigenvalue weighted by Gasteiger charge is -2.29. The fourth-order valence-electron chi connectivity index (χ4n) is 3.29. The molecule has 3 aromatic rings. The van der Waals surface area contributed by atoms with Crippen molar-refractivity contribution in [2.45, 2.75) is 45.7 Å². The van der Waals surface area contributed by atoms with Crippen molar-refractivity contribution in [3.05, 3.63) is 107 Å². The molecular weight excluding hydrogens is 366 g/mol. The topological polar surface area (TPSA) is 3.24 Å². The summed E-state index contributed by atoms with van der Waals surface area (Å²) >= 11 is 0. The van der Waals surface area contributed by atoms with Gasteiger partial charge in [-0.1, -0.05) is 116 Å². The average Bonchev–Trinajstić information content (AvgIpc) is 2.70. The SMILES string of the molecule is Cc1ccc([C@H](C#C[Si](C)(C)C)N(Cc2ccccc2)Cc2ccccc2)cc1. The summed E-state index contributed by atoms with van der Waals surface area (Å²) in [5.74, 6) is 3.67. The highest BCUT2D eigenvalue weighted by Crippen LogP contribution is 2.25. The predicted molar refractivity (Wildman–Crippen MR) is 127 cm³/mol. The van der Waals surface area contributed by atoms with Crippen LogP contribution in [0.4, 0.5) is 0 Å². The van der Waals surface area contributed by atoms with E-state index in [0.29, 0.717) is 0 Å². The van der Waals surface area contributed by atoms with Crippen LogP contribution >= 0.6 is 0 Å². The Hall–Kier alpha value is -2.60. The molecule has 0 heterocycles. The Morgan fingerprint density at radius 3 is 1.66 bits per heavy atom. The number of hydrogen-bond donors (Lipinski definition) is 0. The van der Waals surface area contributed by atoms with Gasteiger partial charge in [-0.25, -0.2) is 0 Å². The minimum atomic E-state index is -1.48. The smallest absolute Gasteiger partial charge is 0.129 e. The second kappa shape index (κ2) is 9.74. The van der Waals surface area contributed by atoms with Crippen molar-refractivity contribution in [1.29, 1.82) is 0 Å². The summed E-state index contributed by atoms with van der Waals surface area (Å²) in [6.45, 7) is 10.8. The standard InChI is InChI=1S/C27H31NSi/c1-23-15-17-26(18-16-23)27(19-20-29(2,3)4)28(21-24-11-7-5-8-12-24)22-25-13-9-6-10-14-25/h5-18,27H,21-22H2,1-4H3/t27-/m0/s1. The van der Waals surface area contributed by atoms with Crippen LogP contribution in [0, 0.1) is 18.4 Å². The number of rotatable bonds is 6. The quantitative estimate of drug-likeness (QED) is 0.334. The van der Waals surface area contributed by atoms with Crippen LogP contribution in [0.1, 0.15) is 28.3 Å². The Kier molecular flexibility index (Phi) is 7.09. The van der Waals surface area contributed by atoms with Gasteiger partial charge >= 0.3 is 0 Å². The molecule has 0 saturated carbocycles. The van der Waals surface area contributed by atoms with Gasteiger partial charge in [-0.15, -0.1) is 5.54 Å². The Labute approximate surface area is 177 Å². The average molecular weight is 398 g/mol. The minimum absolute atomic E-state index is 0.0720. The first-order valence-electron chi connectivity index (χ1n) is 10.3. The van der Waals surface area contributed by atoms with Crippen LogP contribution in [0.5, 0.6) is 0 Å². The van der Waals surface area contributed by atoms with E-state index >= 15 is 0 Å². The van der Waals surface area contributed by atoms with Crippen LogP contribution in [0.25, 0.3) is 0 Å². The molecule has 0 spiro atoms. The highest BCUT2D eigenvalue weighted by Gasteiger charge is 2.20. The number of hydrogen-bond acceptors (Lipinski definition) is 1. The summed E-state index contributed by atoms with van der Waals surface area (Å²) in [4.78, 5) is 2.50. The van der Waals surface area contributed by atoms with E-state index in [4.69, 9.17) is 0 Å². The molecule has 29 heavy (non-hydrogen) atoms. The largest absolute Gasteiger partial charge is 0.278 e. The minimum Gasteiger partial charge on any atom is -0.278 e. The zero-order valence-corrected chi connectivity index (χ0v) is 19.0. The molecule has 0 aromatic heterocycles. The van der Waals surface area contributed by atoms with Crippen LogP contribution < -0.4 is 0 Å². The van der Waals surface area contributed by atoms with E-state index in [9.17, 15) is 0 Å². The molecule has 1 atom stereocenters. The van der Waals surface area contributed by atoms with Gasteiger partial charge in [-0.2, -0.15) is 0 Å². The van der Waals surface area contributed by atoms with E-state index < -0.39 is 8.07 Å². The normalized spacial score (nSPS) is 12.3. The third kappa shape index (κ3) is 6.75. The Bertz CT molecular complexity index is 903. The van der Waals surface area contributed by atoms with Crippen molar-refractivity contribution in [2.24, 2.45) is 0 Å². The first-order valence-corrected chi connectivity index (χ1v) is 13.8. The molecule has 0 fully saturated rings. The monoisotopic (exact) mass is 397 g/mol. The Balaban J connectivity index is 2.01. The first kappa shape index (κ1) is 21.1. The molecule has 0 aliphatic rings. The maximum atomic E-state index is 3.67. The number of aryl methyl sites for hydroxylation is 1. The Morgan fingerprint density at radius 1 is 0.724 bits per heavy atom. The lowest BCUT2D eigenvalue weighted by molar-refractivity contribution is 0.219. The van der Waals surface area contributed by atoms with Crippen LogP contribution in [0.3, 0.4) is 0 Å². The lowest BCUT2D eigenvalue weighted by Crippen LogP contribution is -2.28. The third-order valence-electron chi connectivity index (χ3n) is 4.80. The van der Waals surface area contributed by atoms with Crippen molar-refractivity contribution in [3.63, 3.8) is 0 Å². The van der Waals surface area contributed by atoms with Crippen molar-refractivity contribution in [1.82, 2.24) is 4.90 Å². The summed E-state index contributed by atoms with van der Waals surface area (Å²) in [5, 5.41) is 0. The van der Waals surface area contributed by atoms with Crippen LogP contribution in [0.2, 0.25) is 19.6 Å². The van der Waals surface area contributed by atoms with E-state index in [-0.39, 0.29) is 6.04 Å². The second-order valence-corrected chi connectivity index (χ2v) is 13.5. The summed E-state index contributed by atoms with van der Waals surface area (Å²) in [7, 11) is -1.48. The molecule has 0 unspecified atom stereocenters. The molecular formula is C27H31NSi. The van der Waals surface area contributed by atoms with Gasteiger partial charge in [0.1, 0.15) is 8.07 Å². The summed E-state index contributed by atoms with van der Waals surface area (Å²) in [6.07, 6.45) is 0. The van der Waals surface area contributed by atoms with E-state index in [1.807, 2.05) is 0 Å². The number of nitrogens with zero attached hydrogens (tertiary/aromatic N) is 1. The molecule has 0 saturated heterocycles. The zero-order valence-electron chi connectivity index (χ0n) is 18.0. The van der Waals surface area contributed by atoms with Gasteiger partial charge < -0.3 is 0 Å². The fraction of sp³-hybridized carbons (Fsp3) is 0.259. The van der Waals surface area contributed by atoms with E-state index in [1.165, 1.54) is 22.3 Å². The molecule has 0 aliphatic carbocycles. The molecule has 0 bridgehead atoms. The molecule has 0 N–H and O–H groups in total. The summed E-state index contributed by atoms with van der Waals surface area (Å²) < 4.78 is 0. The van der Waals surface area contributed by atoms with E-state index in [2.05, 4.69) is 128 Å². The maximum Gasteiger partial charge on any atom is 0.129 e. The lowest BCUT2D eigenvalue weighted by atomic mass is 10.0. The maximum absolute atomic E-state index is 3.67. The van der Waals surface area contributed by atoms with E-state index in [1.54, 1.807) is 0 Å². The molecule has 148 valence electrons. The Morgan fingerprint density at radius 2 is 1.21 bits per heavy atom. The van der Waals surface area contributed by atoms with Crippen LogP contribution in [0.15, 0.2) is 84.9 Å². The van der Waals surface area contributed by atoms with Crippen molar-refractivity contribution in [3.8, 4) is 11.5 Å². The molecule has 2 heteroatoms.